The van der Waals surface area contributed by atoms with Gasteiger partial charge in [0.25, 0.3) is 0 Å². The molecule has 0 radical (unpaired) electrons. The molecule has 156 valence electrons. The number of aryl methyl sites for hydroxylation is 1. The summed E-state index contributed by atoms with van der Waals surface area (Å²) in [6, 6.07) is 22.0. The Labute approximate surface area is 186 Å². The van der Waals surface area contributed by atoms with Gasteiger partial charge in [-0.25, -0.2) is 0 Å². The van der Waals surface area contributed by atoms with E-state index in [0.29, 0.717) is 17.5 Å². The van der Waals surface area contributed by atoms with Crippen LogP contribution in [0.3, 0.4) is 0 Å². The van der Waals surface area contributed by atoms with E-state index in [1.54, 1.807) is 0 Å². The normalized spacial score (nSPS) is 10.9. The zero-order valence-electron chi connectivity index (χ0n) is 17.7. The summed E-state index contributed by atoms with van der Waals surface area (Å²) in [7, 11) is 0. The smallest absolute Gasteiger partial charge is 0.192 e. The predicted octanol–water partition coefficient (Wildman–Crippen LogP) is 5.51. The fourth-order valence-corrected chi connectivity index (χ4v) is 4.55. The molecule has 0 bridgehead atoms. The van der Waals surface area contributed by atoms with Crippen LogP contribution < -0.4 is 0 Å². The first-order chi connectivity index (χ1) is 15.1. The minimum absolute atomic E-state index is 0.0784. The average Bonchev–Trinajstić information content (AvgIpc) is 3.33. The maximum atomic E-state index is 13.1. The monoisotopic (exact) mass is 428 g/mol. The summed E-state index contributed by atoms with van der Waals surface area (Å²) in [6.07, 6.45) is 1.81. The van der Waals surface area contributed by atoms with E-state index < -0.39 is 0 Å². The second-order valence-electron chi connectivity index (χ2n) is 7.24. The van der Waals surface area contributed by atoms with Crippen LogP contribution in [0, 0.1) is 13.8 Å². The van der Waals surface area contributed by atoms with Gasteiger partial charge in [-0.05, 0) is 32.0 Å². The third kappa shape index (κ3) is 4.25. The average molecular weight is 429 g/mol. The Balaban J connectivity index is 1.56. The van der Waals surface area contributed by atoms with Crippen LogP contribution in [-0.4, -0.2) is 30.9 Å². The van der Waals surface area contributed by atoms with Crippen molar-refractivity contribution in [2.75, 3.05) is 5.75 Å². The van der Waals surface area contributed by atoms with Crippen LogP contribution in [-0.2, 0) is 6.54 Å². The van der Waals surface area contributed by atoms with Crippen molar-refractivity contribution >= 4 is 17.5 Å². The largest absolute Gasteiger partial charge is 0.318 e. The number of nitrogens with zero attached hydrogens (tertiary/aromatic N) is 4. The number of hydrogen-bond acceptors (Lipinski definition) is 4. The van der Waals surface area contributed by atoms with Crippen molar-refractivity contribution < 1.29 is 4.79 Å². The van der Waals surface area contributed by atoms with Gasteiger partial charge in [0.1, 0.15) is 0 Å². The lowest BCUT2D eigenvalue weighted by molar-refractivity contribution is 0.102. The number of rotatable bonds is 8. The van der Waals surface area contributed by atoms with E-state index in [1.807, 2.05) is 91.2 Å². The molecule has 6 heteroatoms. The van der Waals surface area contributed by atoms with Gasteiger partial charge in [0, 0.05) is 34.7 Å². The fourth-order valence-electron chi connectivity index (χ4n) is 3.72. The van der Waals surface area contributed by atoms with Crippen molar-refractivity contribution in [1.29, 1.82) is 0 Å². The van der Waals surface area contributed by atoms with E-state index in [1.165, 1.54) is 11.8 Å². The molecule has 0 fully saturated rings. The highest BCUT2D eigenvalue weighted by atomic mass is 32.2. The maximum absolute atomic E-state index is 13.1. The van der Waals surface area contributed by atoms with Gasteiger partial charge in [-0.3, -0.25) is 9.36 Å². The maximum Gasteiger partial charge on any atom is 0.192 e. The summed E-state index contributed by atoms with van der Waals surface area (Å²) in [4.78, 5) is 13.1. The molecule has 2 heterocycles. The van der Waals surface area contributed by atoms with Crippen molar-refractivity contribution in [3.8, 4) is 17.1 Å². The standard InChI is InChI=1S/C25H24N4OS/c1-4-15-28-24(20-11-7-5-8-12-20)26-27-25(28)31-17-23(30)22-16-18(2)29(19(22)3)21-13-9-6-10-14-21/h4-14,16H,1,15,17H2,2-3H3. The Morgan fingerprint density at radius 2 is 1.71 bits per heavy atom. The van der Waals surface area contributed by atoms with E-state index in [9.17, 15) is 4.79 Å². The van der Waals surface area contributed by atoms with E-state index in [4.69, 9.17) is 0 Å². The zero-order chi connectivity index (χ0) is 21.8. The van der Waals surface area contributed by atoms with Crippen molar-refractivity contribution in [2.45, 2.75) is 25.5 Å². The van der Waals surface area contributed by atoms with Gasteiger partial charge in [-0.1, -0.05) is 66.4 Å². The van der Waals surface area contributed by atoms with Crippen LogP contribution in [0.4, 0.5) is 0 Å². The van der Waals surface area contributed by atoms with Crippen molar-refractivity contribution in [3.05, 3.63) is 96.3 Å². The molecule has 0 amide bonds. The van der Waals surface area contributed by atoms with Gasteiger partial charge in [-0.2, -0.15) is 0 Å². The SMILES string of the molecule is C=CCn1c(SCC(=O)c2cc(C)n(-c3ccccc3)c2C)nnc1-c1ccccc1. The van der Waals surface area contributed by atoms with Gasteiger partial charge in [0.15, 0.2) is 16.8 Å². The minimum atomic E-state index is 0.0784. The number of para-hydroxylation sites is 1. The Morgan fingerprint density at radius 3 is 2.39 bits per heavy atom. The van der Waals surface area contributed by atoms with Gasteiger partial charge in [0.2, 0.25) is 0 Å². The zero-order valence-corrected chi connectivity index (χ0v) is 18.5. The van der Waals surface area contributed by atoms with Crippen LogP contribution in [0.15, 0.2) is 84.5 Å². The number of ketones is 1. The molecule has 0 aliphatic heterocycles. The summed E-state index contributed by atoms with van der Waals surface area (Å²) in [5, 5.41) is 9.41. The van der Waals surface area contributed by atoms with Crippen molar-refractivity contribution in [2.24, 2.45) is 0 Å². The molecule has 4 rings (SSSR count). The summed E-state index contributed by atoms with van der Waals surface area (Å²) >= 11 is 1.41. The molecule has 4 aromatic rings. The molecule has 0 spiro atoms. The van der Waals surface area contributed by atoms with Crippen LogP contribution >= 0.6 is 11.8 Å². The van der Waals surface area contributed by atoms with Gasteiger partial charge >= 0.3 is 0 Å². The van der Waals surface area contributed by atoms with Crippen LogP contribution in [0.5, 0.6) is 0 Å². The highest BCUT2D eigenvalue weighted by Gasteiger charge is 2.19. The van der Waals surface area contributed by atoms with E-state index in [2.05, 4.69) is 21.3 Å². The molecule has 2 aromatic carbocycles. The first kappa shape index (κ1) is 20.9. The summed E-state index contributed by atoms with van der Waals surface area (Å²) in [5.74, 6) is 1.15. The number of hydrogen-bond donors (Lipinski definition) is 0. The Kier molecular flexibility index (Phi) is 6.18. The van der Waals surface area contributed by atoms with Gasteiger partial charge in [-0.15, -0.1) is 16.8 Å². The number of thioether (sulfide) groups is 1. The second-order valence-corrected chi connectivity index (χ2v) is 8.18. The van der Waals surface area contributed by atoms with Crippen molar-refractivity contribution in [1.82, 2.24) is 19.3 Å². The third-order valence-electron chi connectivity index (χ3n) is 5.14. The molecule has 0 saturated heterocycles. The second kappa shape index (κ2) is 9.18. The molecule has 2 aromatic heterocycles. The molecular weight excluding hydrogens is 404 g/mol. The Morgan fingerprint density at radius 1 is 1.03 bits per heavy atom. The van der Waals surface area contributed by atoms with Gasteiger partial charge in [0.05, 0.1) is 5.75 Å². The summed E-state index contributed by atoms with van der Waals surface area (Å²) in [6.45, 7) is 8.45. The van der Waals surface area contributed by atoms with Gasteiger partial charge < -0.3 is 4.57 Å². The molecule has 0 N–H and O–H groups in total. The van der Waals surface area contributed by atoms with E-state index >= 15 is 0 Å². The predicted molar refractivity (Wildman–Crippen MR) is 126 cm³/mol. The number of Topliss-reactive ketones (excluding diaryl/α,β-unsaturated/α-hetero) is 1. The molecule has 5 nitrogen and oxygen atoms in total. The number of allylic oxidation sites excluding steroid dienone is 1. The molecule has 0 atom stereocenters. The summed E-state index contributed by atoms with van der Waals surface area (Å²) < 4.78 is 4.11. The van der Waals surface area contributed by atoms with Crippen LogP contribution in [0.2, 0.25) is 0 Å². The highest BCUT2D eigenvalue weighted by Crippen LogP contribution is 2.26. The summed E-state index contributed by atoms with van der Waals surface area (Å²) in [5.41, 5.74) is 4.78. The lowest BCUT2D eigenvalue weighted by atomic mass is 10.2. The van der Waals surface area contributed by atoms with Crippen LogP contribution in [0.25, 0.3) is 17.1 Å². The third-order valence-corrected chi connectivity index (χ3v) is 6.11. The molecular formula is C25H24N4OS. The van der Waals surface area contributed by atoms with E-state index in [0.717, 1.165) is 34.0 Å². The molecule has 31 heavy (non-hydrogen) atoms. The lowest BCUT2D eigenvalue weighted by Crippen LogP contribution is -2.07. The number of carbonyl (C=O) groups excluding carboxylic acids is 1. The molecule has 0 saturated carbocycles. The molecule has 0 aliphatic carbocycles. The first-order valence-corrected chi connectivity index (χ1v) is 11.1. The minimum Gasteiger partial charge on any atom is -0.318 e. The number of benzene rings is 2. The molecule has 0 unspecified atom stereocenters. The first-order valence-electron chi connectivity index (χ1n) is 10.1. The molecule has 0 aliphatic rings. The van der Waals surface area contributed by atoms with Crippen LogP contribution in [0.1, 0.15) is 21.7 Å². The topological polar surface area (TPSA) is 52.7 Å². The quantitative estimate of drug-likeness (QED) is 0.211. The van der Waals surface area contributed by atoms with E-state index in [-0.39, 0.29) is 5.78 Å². The number of carbonyl (C=O) groups is 1. The van der Waals surface area contributed by atoms with Crippen molar-refractivity contribution in [3.63, 3.8) is 0 Å². The fraction of sp³-hybridized carbons (Fsp3) is 0.160. The lowest BCUT2D eigenvalue weighted by Gasteiger charge is -2.10. The Bertz CT molecular complexity index is 1210. The highest BCUT2D eigenvalue weighted by molar-refractivity contribution is 7.99. The Hall–Kier alpha value is -3.38. The number of aromatic nitrogens is 4.